The molecule has 0 aliphatic heterocycles. The molecule has 2 aromatic rings. The zero-order valence-corrected chi connectivity index (χ0v) is 22.3. The summed E-state index contributed by atoms with van der Waals surface area (Å²) >= 11 is 0. The molecule has 0 radical (unpaired) electrons. The molecule has 35 heavy (non-hydrogen) atoms. The van der Waals surface area contributed by atoms with Crippen molar-refractivity contribution in [1.82, 2.24) is 9.29 Å². The number of benzene rings is 1. The van der Waals surface area contributed by atoms with Gasteiger partial charge in [-0.25, -0.2) is 18.0 Å². The average molecular weight is 530 g/mol. The molecule has 2 rings (SSSR count). The minimum absolute atomic E-state index is 0. The summed E-state index contributed by atoms with van der Waals surface area (Å²) in [5.74, 6) is -0.679. The van der Waals surface area contributed by atoms with Crippen LogP contribution in [0.2, 0.25) is 0 Å². The van der Waals surface area contributed by atoms with E-state index in [4.69, 9.17) is 15.2 Å². The van der Waals surface area contributed by atoms with Crippen LogP contribution in [0.1, 0.15) is 50.8 Å². The highest BCUT2D eigenvalue weighted by Crippen LogP contribution is 2.45. The van der Waals surface area contributed by atoms with Gasteiger partial charge in [0.1, 0.15) is 34.0 Å². The molecule has 0 bridgehead atoms. The molecule has 6 nitrogen and oxygen atoms in total. The Balaban J connectivity index is 0.00000612. The molecule has 194 valence electrons. The van der Waals surface area contributed by atoms with E-state index in [-0.39, 0.29) is 36.7 Å². The Morgan fingerprint density at radius 2 is 1.80 bits per heavy atom. The van der Waals surface area contributed by atoms with Gasteiger partial charge in [-0.15, -0.1) is 25.6 Å². The fraction of sp³-hybridized carbons (Fsp3) is 0.400. The number of aromatic nitrogens is 1. The zero-order valence-electron chi connectivity index (χ0n) is 20.7. The minimum Gasteiger partial charge on any atom is -0.496 e. The number of hydrogen-bond acceptors (Lipinski definition) is 5. The summed E-state index contributed by atoms with van der Waals surface area (Å²) in [6, 6.07) is 4.43. The van der Waals surface area contributed by atoms with Crippen LogP contribution in [0.3, 0.4) is 0 Å². The zero-order chi connectivity index (χ0) is 25.7. The van der Waals surface area contributed by atoms with Crippen LogP contribution in [0.4, 0.5) is 8.78 Å². The summed E-state index contributed by atoms with van der Waals surface area (Å²) in [5, 5.41) is 0. The van der Waals surface area contributed by atoms with Gasteiger partial charge in [-0.3, -0.25) is 0 Å². The first-order chi connectivity index (χ1) is 15.9. The van der Waals surface area contributed by atoms with Gasteiger partial charge in [0.05, 0.1) is 31.2 Å². The van der Waals surface area contributed by atoms with Gasteiger partial charge in [-0.1, -0.05) is 12.2 Å². The maximum Gasteiger partial charge on any atom is 0.218 e. The number of pyridine rings is 1. The molecule has 1 unspecified atom stereocenters. The van der Waals surface area contributed by atoms with Crippen LogP contribution in [-0.2, 0) is 16.6 Å². The summed E-state index contributed by atoms with van der Waals surface area (Å²) in [6.07, 6.45) is 4.50. The molecule has 0 saturated heterocycles. The number of methoxy groups -OCH3 is 2. The van der Waals surface area contributed by atoms with Crippen molar-refractivity contribution in [3.63, 3.8) is 0 Å². The van der Waals surface area contributed by atoms with Crippen molar-refractivity contribution in [2.24, 2.45) is 5.73 Å². The van der Waals surface area contributed by atoms with Gasteiger partial charge in [0.2, 0.25) is 5.88 Å². The molecule has 0 aliphatic rings. The molecule has 1 aromatic carbocycles. The normalized spacial score (nSPS) is 14.9. The lowest BCUT2D eigenvalue weighted by Crippen LogP contribution is -2.58. The maximum absolute atomic E-state index is 14.5. The van der Waals surface area contributed by atoms with Crippen molar-refractivity contribution in [2.45, 2.75) is 50.1 Å². The van der Waals surface area contributed by atoms with Crippen molar-refractivity contribution in [3.8, 4) is 11.6 Å². The first kappa shape index (κ1) is 30.7. The number of halogens is 3. The van der Waals surface area contributed by atoms with Gasteiger partial charge < -0.3 is 15.2 Å². The average Bonchev–Trinajstić information content (AvgIpc) is 2.78. The van der Waals surface area contributed by atoms with E-state index in [2.05, 4.69) is 18.1 Å². The Labute approximate surface area is 215 Å². The van der Waals surface area contributed by atoms with E-state index in [0.29, 0.717) is 11.3 Å². The lowest BCUT2D eigenvalue weighted by molar-refractivity contribution is 0.142. The second kappa shape index (κ2) is 12.6. The monoisotopic (exact) mass is 529 g/mol. The predicted octanol–water partition coefficient (Wildman–Crippen LogP) is 5.57. The molecule has 0 fully saturated rings. The fourth-order valence-corrected chi connectivity index (χ4v) is 5.24. The van der Waals surface area contributed by atoms with Crippen LogP contribution >= 0.6 is 12.4 Å². The Hall–Kier alpha value is -2.33. The first-order valence-electron chi connectivity index (χ1n) is 10.7. The molecule has 0 aliphatic carbocycles. The van der Waals surface area contributed by atoms with Crippen LogP contribution in [0.15, 0.2) is 55.8 Å². The number of rotatable bonds is 11. The Kier molecular flexibility index (Phi) is 11.0. The van der Waals surface area contributed by atoms with Gasteiger partial charge in [-0.05, 0) is 51.5 Å². The van der Waals surface area contributed by atoms with Crippen molar-refractivity contribution in [1.29, 1.82) is 0 Å². The summed E-state index contributed by atoms with van der Waals surface area (Å²) in [4.78, 5) is 4.05. The lowest BCUT2D eigenvalue weighted by atomic mass is 9.92. The fourth-order valence-electron chi connectivity index (χ4n) is 3.75. The highest BCUT2D eigenvalue weighted by molar-refractivity contribution is 7.84. The van der Waals surface area contributed by atoms with E-state index in [1.54, 1.807) is 32.9 Å². The summed E-state index contributed by atoms with van der Waals surface area (Å²) in [6.45, 7) is 13.0. The Morgan fingerprint density at radius 3 is 2.31 bits per heavy atom. The number of ether oxygens (including phenoxy) is 2. The third-order valence-electron chi connectivity index (χ3n) is 5.25. The standard InChI is InChI=1S/C25H33F2N3O3S.ClH/c1-8-10-21(19-14-18(27)16-29-23(19)33-7)30(34(31)24(3,4)5)25(28,13-9-2)20-15-17(26)11-12-22(20)32-6;/h8-9,11-12,14-16,21H,1-2,10,13,28H2,3-7H3;1H/t21-,25-,34?;/m1./s1. The molecule has 1 heterocycles. The molecule has 0 saturated carbocycles. The lowest BCUT2D eigenvalue weighted by Gasteiger charge is -2.47. The molecular formula is C25H34ClF2N3O3S. The van der Waals surface area contributed by atoms with Crippen molar-refractivity contribution in [2.75, 3.05) is 14.2 Å². The van der Waals surface area contributed by atoms with E-state index >= 15 is 0 Å². The quantitative estimate of drug-likeness (QED) is 0.304. The van der Waals surface area contributed by atoms with Crippen molar-refractivity contribution < 1.29 is 22.5 Å². The van der Waals surface area contributed by atoms with Gasteiger partial charge in [0, 0.05) is 17.5 Å². The molecule has 10 heteroatoms. The Morgan fingerprint density at radius 1 is 1.14 bits per heavy atom. The van der Waals surface area contributed by atoms with Crippen LogP contribution in [-0.4, -0.2) is 32.5 Å². The molecule has 3 atom stereocenters. The van der Waals surface area contributed by atoms with Crippen LogP contribution < -0.4 is 15.2 Å². The smallest absolute Gasteiger partial charge is 0.218 e. The maximum atomic E-state index is 14.5. The largest absolute Gasteiger partial charge is 0.496 e. The van der Waals surface area contributed by atoms with E-state index in [9.17, 15) is 13.0 Å². The van der Waals surface area contributed by atoms with E-state index in [0.717, 1.165) is 6.20 Å². The molecular weight excluding hydrogens is 496 g/mol. The van der Waals surface area contributed by atoms with Gasteiger partial charge in [-0.2, -0.15) is 4.31 Å². The minimum atomic E-state index is -1.78. The highest BCUT2D eigenvalue weighted by Gasteiger charge is 2.47. The third kappa shape index (κ3) is 6.67. The predicted molar refractivity (Wildman–Crippen MR) is 139 cm³/mol. The summed E-state index contributed by atoms with van der Waals surface area (Å²) in [5.41, 5.74) is 6.07. The van der Waals surface area contributed by atoms with Crippen LogP contribution in [0, 0.1) is 11.6 Å². The first-order valence-corrected chi connectivity index (χ1v) is 11.8. The second-order valence-corrected chi connectivity index (χ2v) is 10.9. The molecule has 0 amide bonds. The van der Waals surface area contributed by atoms with Gasteiger partial charge in [0.15, 0.2) is 0 Å². The van der Waals surface area contributed by atoms with Crippen LogP contribution in [0.5, 0.6) is 11.6 Å². The SMILES string of the molecule is C=CC[C@H](c1cc(F)cnc1OC)N(S(=O)C(C)(C)C)[C@](N)(CC=C)c1cc(F)ccc1OC.Cl. The topological polar surface area (TPSA) is 77.7 Å². The van der Waals surface area contributed by atoms with Gasteiger partial charge in [0.25, 0.3) is 0 Å². The van der Waals surface area contributed by atoms with E-state index in [1.807, 2.05) is 0 Å². The van der Waals surface area contributed by atoms with Crippen molar-refractivity contribution in [3.05, 3.63) is 78.5 Å². The molecule has 1 aromatic heterocycles. The van der Waals surface area contributed by atoms with E-state index in [1.165, 1.54) is 42.8 Å². The van der Waals surface area contributed by atoms with Crippen molar-refractivity contribution >= 4 is 23.4 Å². The number of nitrogens with two attached hydrogens (primary N) is 1. The number of hydrogen-bond donors (Lipinski definition) is 1. The summed E-state index contributed by atoms with van der Waals surface area (Å²) < 4.78 is 54.6. The highest BCUT2D eigenvalue weighted by atomic mass is 35.5. The number of nitrogens with zero attached hydrogens (tertiary/aromatic N) is 2. The van der Waals surface area contributed by atoms with Crippen LogP contribution in [0.25, 0.3) is 0 Å². The molecule has 2 N–H and O–H groups in total. The summed E-state index contributed by atoms with van der Waals surface area (Å²) in [7, 11) is 1.07. The third-order valence-corrected chi connectivity index (χ3v) is 7.24. The Bertz CT molecular complexity index is 1060. The second-order valence-electron chi connectivity index (χ2n) is 8.74. The van der Waals surface area contributed by atoms with Gasteiger partial charge >= 0.3 is 0 Å². The van der Waals surface area contributed by atoms with E-state index < -0.39 is 39.1 Å². The molecule has 0 spiro atoms.